The van der Waals surface area contributed by atoms with E-state index in [0.717, 1.165) is 5.25 Å². The fraction of sp³-hybridized carbons (Fsp3) is 1.00. The molecule has 0 fully saturated rings. The van der Waals surface area contributed by atoms with Crippen LogP contribution in [0.4, 0.5) is 0 Å². The summed E-state index contributed by atoms with van der Waals surface area (Å²) in [5.74, 6) is 0. The molecule has 0 aliphatic rings. The fourth-order valence-corrected chi connectivity index (χ4v) is 5.15. The summed E-state index contributed by atoms with van der Waals surface area (Å²) in [5.41, 5.74) is 0. The van der Waals surface area contributed by atoms with Crippen LogP contribution >= 0.6 is 22.5 Å². The summed E-state index contributed by atoms with van der Waals surface area (Å²) >= 11 is 4.53. The minimum absolute atomic E-state index is 0.802. The van der Waals surface area contributed by atoms with Gasteiger partial charge in [-0.2, -0.15) is 0 Å². The number of hydrogen-bond acceptors (Lipinski definition) is 2. The molecule has 0 aliphatic heterocycles. The molecule has 0 radical (unpaired) electrons. The predicted octanol–water partition coefficient (Wildman–Crippen LogP) is 10.6. The minimum Gasteiger partial charge on any atom is -0.111 e. The van der Waals surface area contributed by atoms with E-state index in [1.807, 2.05) is 10.8 Å². The number of rotatable bonds is 23. The van der Waals surface area contributed by atoms with E-state index in [1.54, 1.807) is 0 Å². The largest absolute Gasteiger partial charge is 0.111 e. The second-order valence-electron chi connectivity index (χ2n) is 8.67. The number of hydrogen-bond donors (Lipinski definition) is 1. The Morgan fingerprint density at radius 2 is 0.704 bits per heavy atom. The van der Waals surface area contributed by atoms with Crippen LogP contribution in [0.25, 0.3) is 0 Å². The van der Waals surface area contributed by atoms with Crippen LogP contribution in [0.1, 0.15) is 155 Å². The molecule has 0 spiro atoms. The zero-order valence-electron chi connectivity index (χ0n) is 19.0. The van der Waals surface area contributed by atoms with Gasteiger partial charge in [-0.25, -0.2) is 0 Å². The van der Waals surface area contributed by atoms with Crippen molar-refractivity contribution < 1.29 is 0 Å². The highest BCUT2D eigenvalue weighted by molar-refractivity contribution is 8.68. The Kier molecular flexibility index (Phi) is 25.4. The fourth-order valence-electron chi connectivity index (χ4n) is 3.97. The Morgan fingerprint density at radius 3 is 0.963 bits per heavy atom. The van der Waals surface area contributed by atoms with Crippen molar-refractivity contribution in [1.82, 2.24) is 0 Å². The maximum Gasteiger partial charge on any atom is 0.0149 e. The first-order valence-corrected chi connectivity index (χ1v) is 14.6. The molecule has 2 heteroatoms. The minimum atomic E-state index is 0.802. The molecule has 0 N–H and O–H groups in total. The summed E-state index contributed by atoms with van der Waals surface area (Å²) in [4.78, 5) is 0. The van der Waals surface area contributed by atoms with Crippen molar-refractivity contribution in [2.45, 2.75) is 160 Å². The zero-order valence-corrected chi connectivity index (χ0v) is 20.7. The van der Waals surface area contributed by atoms with Crippen LogP contribution in [0.3, 0.4) is 0 Å². The predicted molar refractivity (Wildman–Crippen MR) is 133 cm³/mol. The van der Waals surface area contributed by atoms with Gasteiger partial charge in [0.25, 0.3) is 0 Å². The van der Waals surface area contributed by atoms with E-state index < -0.39 is 0 Å². The van der Waals surface area contributed by atoms with Crippen molar-refractivity contribution in [3.8, 4) is 0 Å². The van der Waals surface area contributed by atoms with Crippen molar-refractivity contribution >= 4 is 22.5 Å². The molecule has 1 unspecified atom stereocenters. The maximum atomic E-state index is 4.53. The third-order valence-corrected chi connectivity index (χ3v) is 7.57. The third-order valence-electron chi connectivity index (χ3n) is 5.91. The highest BCUT2D eigenvalue weighted by Gasteiger charge is 2.07. The second kappa shape index (κ2) is 24.7. The summed E-state index contributed by atoms with van der Waals surface area (Å²) in [7, 11) is 1.82. The lowest BCUT2D eigenvalue weighted by Gasteiger charge is -2.13. The quantitative estimate of drug-likeness (QED) is 0.0981. The van der Waals surface area contributed by atoms with Gasteiger partial charge in [0.1, 0.15) is 0 Å². The summed E-state index contributed by atoms with van der Waals surface area (Å²) in [6, 6.07) is 0. The van der Waals surface area contributed by atoms with E-state index in [9.17, 15) is 0 Å². The molecule has 0 aromatic heterocycles. The highest BCUT2D eigenvalue weighted by atomic mass is 33.1. The lowest BCUT2D eigenvalue weighted by Crippen LogP contribution is -2.00. The third kappa shape index (κ3) is 22.8. The molecular formula is C25H52S2. The molecule has 0 heterocycles. The summed E-state index contributed by atoms with van der Waals surface area (Å²) in [5, 5.41) is 0.802. The van der Waals surface area contributed by atoms with Gasteiger partial charge in [-0.15, -0.1) is 11.7 Å². The van der Waals surface area contributed by atoms with E-state index in [-0.39, 0.29) is 0 Å². The van der Waals surface area contributed by atoms with Crippen LogP contribution in [0.15, 0.2) is 0 Å². The van der Waals surface area contributed by atoms with Gasteiger partial charge in [0.05, 0.1) is 0 Å². The lowest BCUT2D eigenvalue weighted by molar-refractivity contribution is 0.524. The van der Waals surface area contributed by atoms with E-state index >= 15 is 0 Å². The number of unbranched alkanes of at least 4 members (excludes halogenated alkanes) is 18. The molecule has 0 aromatic rings. The summed E-state index contributed by atoms with van der Waals surface area (Å²) in [6.45, 7) is 4.60. The molecule has 0 nitrogen and oxygen atoms in total. The maximum absolute atomic E-state index is 4.53. The molecule has 164 valence electrons. The zero-order chi connectivity index (χ0) is 19.8. The van der Waals surface area contributed by atoms with E-state index in [1.165, 1.54) is 141 Å². The van der Waals surface area contributed by atoms with Crippen molar-refractivity contribution in [2.75, 3.05) is 0 Å². The second-order valence-corrected chi connectivity index (χ2v) is 10.2. The van der Waals surface area contributed by atoms with Crippen molar-refractivity contribution in [1.29, 1.82) is 0 Å². The first-order chi connectivity index (χ1) is 13.3. The van der Waals surface area contributed by atoms with Gasteiger partial charge in [0, 0.05) is 5.25 Å². The standard InChI is InChI=1S/C25H52S2/c1-3-5-7-9-11-13-14-15-16-18-20-22-24-25(27-26)23-21-19-17-12-10-8-6-4-2/h25-26H,3-24H2,1-2H3. The smallest absolute Gasteiger partial charge is 0.0149 e. The Balaban J connectivity index is 3.26. The average molecular weight is 417 g/mol. The van der Waals surface area contributed by atoms with Gasteiger partial charge in [0.15, 0.2) is 0 Å². The molecule has 0 saturated heterocycles. The lowest BCUT2D eigenvalue weighted by atomic mass is 10.0. The molecule has 0 aromatic carbocycles. The van der Waals surface area contributed by atoms with Crippen molar-refractivity contribution in [3.05, 3.63) is 0 Å². The van der Waals surface area contributed by atoms with Crippen molar-refractivity contribution in [2.24, 2.45) is 0 Å². The van der Waals surface area contributed by atoms with E-state index in [0.29, 0.717) is 0 Å². The molecule has 0 amide bonds. The molecule has 0 aliphatic carbocycles. The molecular weight excluding hydrogens is 364 g/mol. The number of thiol groups is 1. The van der Waals surface area contributed by atoms with Gasteiger partial charge in [-0.05, 0) is 12.8 Å². The Hall–Kier alpha value is 0.700. The van der Waals surface area contributed by atoms with E-state index in [2.05, 4.69) is 25.5 Å². The van der Waals surface area contributed by atoms with Crippen LogP contribution in [-0.4, -0.2) is 5.25 Å². The topological polar surface area (TPSA) is 0 Å². The molecule has 0 saturated carbocycles. The van der Waals surface area contributed by atoms with Crippen LogP contribution in [0.5, 0.6) is 0 Å². The van der Waals surface area contributed by atoms with Gasteiger partial charge in [-0.1, -0.05) is 153 Å². The Labute approximate surface area is 182 Å². The summed E-state index contributed by atoms with van der Waals surface area (Å²) in [6.07, 6.45) is 31.6. The molecule has 0 rings (SSSR count). The molecule has 27 heavy (non-hydrogen) atoms. The van der Waals surface area contributed by atoms with Gasteiger partial charge in [-0.3, -0.25) is 0 Å². The van der Waals surface area contributed by atoms with Gasteiger partial charge >= 0.3 is 0 Å². The Morgan fingerprint density at radius 1 is 0.444 bits per heavy atom. The molecule has 1 atom stereocenters. The van der Waals surface area contributed by atoms with Crippen LogP contribution < -0.4 is 0 Å². The highest BCUT2D eigenvalue weighted by Crippen LogP contribution is 2.26. The summed E-state index contributed by atoms with van der Waals surface area (Å²) < 4.78 is 0. The first-order valence-electron chi connectivity index (χ1n) is 12.6. The SMILES string of the molecule is CCCCCCCCCCCCCCC(CCCCCCCCCC)SS. The average Bonchev–Trinajstić information content (AvgIpc) is 2.69. The Bertz CT molecular complexity index is 255. The van der Waals surface area contributed by atoms with Crippen molar-refractivity contribution in [3.63, 3.8) is 0 Å². The van der Waals surface area contributed by atoms with Crippen LogP contribution in [-0.2, 0) is 0 Å². The van der Waals surface area contributed by atoms with Crippen LogP contribution in [0, 0.1) is 0 Å². The van der Waals surface area contributed by atoms with Gasteiger partial charge < -0.3 is 0 Å². The first kappa shape index (κ1) is 27.7. The van der Waals surface area contributed by atoms with E-state index in [4.69, 9.17) is 0 Å². The van der Waals surface area contributed by atoms with Gasteiger partial charge in [0.2, 0.25) is 0 Å². The monoisotopic (exact) mass is 416 g/mol. The van der Waals surface area contributed by atoms with Crippen LogP contribution in [0.2, 0.25) is 0 Å². The molecule has 0 bridgehead atoms. The normalized spacial score (nSPS) is 12.6.